The Morgan fingerprint density at radius 1 is 1.35 bits per heavy atom. The van der Waals surface area contributed by atoms with E-state index < -0.39 is 15.4 Å². The Kier molecular flexibility index (Phi) is 2.84. The molecule has 1 aromatic rings. The minimum Gasteiger partial charge on any atom is -0.308 e. The molecule has 0 saturated carbocycles. The molecule has 1 unspecified atom stereocenters. The van der Waals surface area contributed by atoms with Crippen LogP contribution in [0.1, 0.15) is 28.4 Å². The van der Waals surface area contributed by atoms with Gasteiger partial charge < -0.3 is 10.8 Å². The summed E-state index contributed by atoms with van der Waals surface area (Å²) in [5.41, 5.74) is 1.80. The van der Waals surface area contributed by atoms with E-state index in [1.165, 1.54) is 0 Å². The molecule has 0 aromatic heterocycles. The first-order chi connectivity index (χ1) is 7.95. The van der Waals surface area contributed by atoms with Gasteiger partial charge in [-0.1, -0.05) is 18.2 Å². The largest absolute Gasteiger partial charge is 0.308 e. The molecular formula is C11H12N2O3S. The van der Waals surface area contributed by atoms with Gasteiger partial charge in [0.2, 0.25) is 0 Å². The van der Waals surface area contributed by atoms with Crippen molar-refractivity contribution < 1.29 is 13.0 Å². The van der Waals surface area contributed by atoms with E-state index in [1.807, 2.05) is 0 Å². The van der Waals surface area contributed by atoms with Crippen LogP contribution in [0.2, 0.25) is 0 Å². The van der Waals surface area contributed by atoms with Crippen LogP contribution in [0, 0.1) is 10.8 Å². The minimum absolute atomic E-state index is 0.00197. The van der Waals surface area contributed by atoms with Gasteiger partial charge in [0.15, 0.2) is 0 Å². The van der Waals surface area contributed by atoms with E-state index in [2.05, 4.69) is 0 Å². The molecule has 17 heavy (non-hydrogen) atoms. The first-order valence-corrected chi connectivity index (χ1v) is 6.61. The Balaban J connectivity index is 2.69. The van der Waals surface area contributed by atoms with Crippen molar-refractivity contribution in [1.29, 1.82) is 10.8 Å². The second-order valence-electron chi connectivity index (χ2n) is 3.98. The van der Waals surface area contributed by atoms with E-state index in [0.717, 1.165) is 11.8 Å². The van der Waals surface area contributed by atoms with Gasteiger partial charge in [-0.2, -0.15) is 8.42 Å². The molecule has 0 amide bonds. The van der Waals surface area contributed by atoms with E-state index >= 15 is 0 Å². The van der Waals surface area contributed by atoms with Crippen LogP contribution in [0.5, 0.6) is 0 Å². The van der Waals surface area contributed by atoms with Gasteiger partial charge >= 0.3 is 0 Å². The molecule has 0 spiro atoms. The second kappa shape index (κ2) is 4.05. The lowest BCUT2D eigenvalue weighted by molar-refractivity contribution is 0.477. The number of fused-ring (bicyclic) bond motifs is 1. The van der Waals surface area contributed by atoms with Crippen LogP contribution in [0.3, 0.4) is 0 Å². The van der Waals surface area contributed by atoms with Gasteiger partial charge in [0.05, 0.1) is 0 Å². The second-order valence-corrected chi connectivity index (χ2v) is 5.48. The molecule has 3 N–H and O–H groups in total. The average molecular weight is 252 g/mol. The molecule has 0 heterocycles. The van der Waals surface area contributed by atoms with E-state index in [1.54, 1.807) is 18.2 Å². The molecule has 1 aromatic carbocycles. The van der Waals surface area contributed by atoms with Gasteiger partial charge in [-0.15, -0.1) is 0 Å². The van der Waals surface area contributed by atoms with Crippen LogP contribution >= 0.6 is 0 Å². The summed E-state index contributed by atoms with van der Waals surface area (Å²) in [5.74, 6) is 0. The first-order valence-electron chi connectivity index (χ1n) is 5.11. The lowest BCUT2D eigenvalue weighted by atomic mass is 9.87. The zero-order chi connectivity index (χ0) is 12.6. The van der Waals surface area contributed by atoms with Crippen molar-refractivity contribution in [2.24, 2.45) is 0 Å². The maximum atomic E-state index is 11.3. The van der Waals surface area contributed by atoms with Crippen LogP contribution in [0.25, 0.3) is 0 Å². The summed E-state index contributed by atoms with van der Waals surface area (Å²) in [5, 5.41) is 13.7. The predicted molar refractivity (Wildman–Crippen MR) is 64.7 cm³/mol. The molecular weight excluding hydrogens is 240 g/mol. The van der Waals surface area contributed by atoms with Gasteiger partial charge in [-0.25, -0.2) is 0 Å². The molecule has 0 fully saturated rings. The van der Waals surface area contributed by atoms with E-state index in [0.29, 0.717) is 24.0 Å². The number of hydrogen-bond donors (Lipinski definition) is 3. The van der Waals surface area contributed by atoms with Crippen LogP contribution in [-0.2, 0) is 16.5 Å². The highest BCUT2D eigenvalue weighted by Crippen LogP contribution is 2.34. The van der Waals surface area contributed by atoms with Gasteiger partial charge in [-0.05, 0) is 29.5 Å². The normalized spacial score (nSPS) is 19.8. The van der Waals surface area contributed by atoms with Crippen molar-refractivity contribution in [3.05, 3.63) is 34.9 Å². The van der Waals surface area contributed by atoms with Crippen LogP contribution in [0.15, 0.2) is 18.2 Å². The minimum atomic E-state index is -4.31. The fourth-order valence-electron chi connectivity index (χ4n) is 2.21. The smallest absolute Gasteiger partial charge is 0.277 e. The highest BCUT2D eigenvalue weighted by Gasteiger charge is 2.35. The molecule has 1 aliphatic carbocycles. The third kappa shape index (κ3) is 2.01. The Morgan fingerprint density at radius 2 is 2.06 bits per heavy atom. The van der Waals surface area contributed by atoms with Gasteiger partial charge in [-0.3, -0.25) is 4.55 Å². The standard InChI is InChI=1S/C11H12N2O3S/c12-6-7-2-1-3-9-8(7)4-5-10(13)11(9)17(14,15)16/h1-3,6,11-13H,4-5H2,(H,14,15,16). The predicted octanol–water partition coefficient (Wildman–Crippen LogP) is 1.58. The summed E-state index contributed by atoms with van der Waals surface area (Å²) >= 11 is 0. The summed E-state index contributed by atoms with van der Waals surface area (Å²) in [7, 11) is -4.31. The lowest BCUT2D eigenvalue weighted by Gasteiger charge is -2.25. The summed E-state index contributed by atoms with van der Waals surface area (Å²) in [6.07, 6.45) is 1.99. The van der Waals surface area contributed by atoms with Crippen molar-refractivity contribution in [2.75, 3.05) is 0 Å². The summed E-state index contributed by atoms with van der Waals surface area (Å²) in [6, 6.07) is 4.95. The highest BCUT2D eigenvalue weighted by atomic mass is 32.2. The zero-order valence-electron chi connectivity index (χ0n) is 8.97. The van der Waals surface area contributed by atoms with Gasteiger partial charge in [0.1, 0.15) is 5.25 Å². The number of benzene rings is 1. The Hall–Kier alpha value is -1.53. The molecule has 0 bridgehead atoms. The van der Waals surface area contributed by atoms with Crippen molar-refractivity contribution in [1.82, 2.24) is 0 Å². The van der Waals surface area contributed by atoms with Crippen LogP contribution in [-0.4, -0.2) is 24.9 Å². The third-order valence-electron chi connectivity index (χ3n) is 2.95. The van der Waals surface area contributed by atoms with Gasteiger partial charge in [0.25, 0.3) is 10.1 Å². The average Bonchev–Trinajstić information content (AvgIpc) is 2.25. The molecule has 2 rings (SSSR count). The molecule has 6 heteroatoms. The van der Waals surface area contributed by atoms with Gasteiger partial charge in [0, 0.05) is 11.9 Å². The van der Waals surface area contributed by atoms with Crippen molar-refractivity contribution >= 4 is 22.0 Å². The quantitative estimate of drug-likeness (QED) is 0.550. The summed E-state index contributed by atoms with van der Waals surface area (Å²) in [4.78, 5) is 0. The number of nitrogens with one attached hydrogen (secondary N) is 2. The van der Waals surface area contributed by atoms with Crippen molar-refractivity contribution in [2.45, 2.75) is 18.1 Å². The fraction of sp³-hybridized carbons (Fsp3) is 0.273. The van der Waals surface area contributed by atoms with Crippen LogP contribution in [0.4, 0.5) is 0 Å². The Morgan fingerprint density at radius 3 is 2.65 bits per heavy atom. The molecule has 90 valence electrons. The molecule has 0 saturated heterocycles. The molecule has 0 aliphatic heterocycles. The van der Waals surface area contributed by atoms with E-state index in [9.17, 15) is 13.0 Å². The molecule has 1 atom stereocenters. The van der Waals surface area contributed by atoms with E-state index in [-0.39, 0.29) is 5.71 Å². The topological polar surface area (TPSA) is 102 Å². The third-order valence-corrected chi connectivity index (χ3v) is 4.08. The van der Waals surface area contributed by atoms with Crippen LogP contribution < -0.4 is 0 Å². The maximum absolute atomic E-state index is 11.3. The lowest BCUT2D eigenvalue weighted by Crippen LogP contribution is -2.27. The van der Waals surface area contributed by atoms with Crippen molar-refractivity contribution in [3.63, 3.8) is 0 Å². The highest BCUT2D eigenvalue weighted by molar-refractivity contribution is 7.86. The fourth-order valence-corrected chi connectivity index (χ4v) is 3.23. The van der Waals surface area contributed by atoms with Crippen molar-refractivity contribution in [3.8, 4) is 0 Å². The summed E-state index contributed by atoms with van der Waals surface area (Å²) < 4.78 is 31.8. The number of hydrogen-bond acceptors (Lipinski definition) is 4. The zero-order valence-corrected chi connectivity index (χ0v) is 9.79. The Bertz CT molecular complexity index is 593. The van der Waals surface area contributed by atoms with E-state index in [4.69, 9.17) is 10.8 Å². The first kappa shape index (κ1) is 11.9. The summed E-state index contributed by atoms with van der Waals surface area (Å²) in [6.45, 7) is 0. The maximum Gasteiger partial charge on any atom is 0.277 e. The number of rotatable bonds is 2. The monoisotopic (exact) mass is 252 g/mol. The molecule has 0 radical (unpaired) electrons. The molecule has 1 aliphatic rings. The molecule has 5 nitrogen and oxygen atoms in total. The SMILES string of the molecule is N=Cc1cccc2c1CCC(=N)C2S(=O)(=O)O. The Labute approximate surface area is 99.2 Å².